The van der Waals surface area contributed by atoms with E-state index in [1.165, 1.54) is 0 Å². The molecule has 0 aliphatic carbocycles. The van der Waals surface area contributed by atoms with Gasteiger partial charge in [-0.3, -0.25) is 14.4 Å². The average Bonchev–Trinajstić information content (AvgIpc) is 3.05. The van der Waals surface area contributed by atoms with Gasteiger partial charge in [0.15, 0.2) is 5.78 Å². The number of ketones is 1. The van der Waals surface area contributed by atoms with E-state index in [2.05, 4.69) is 20.9 Å². The Labute approximate surface area is 177 Å². The Kier molecular flexibility index (Phi) is 7.44. The molecule has 0 unspecified atom stereocenters. The van der Waals surface area contributed by atoms with Crippen LogP contribution >= 0.6 is 0 Å². The predicted molar refractivity (Wildman–Crippen MR) is 115 cm³/mol. The first-order chi connectivity index (χ1) is 14.3. The van der Waals surface area contributed by atoms with Gasteiger partial charge in [-0.05, 0) is 43.5 Å². The molecule has 164 valence electrons. The van der Waals surface area contributed by atoms with Crippen molar-refractivity contribution < 1.29 is 19.1 Å². The van der Waals surface area contributed by atoms with Crippen LogP contribution in [0.1, 0.15) is 37.6 Å². The highest BCUT2D eigenvalue weighted by molar-refractivity contribution is 5.99. The first-order valence-corrected chi connectivity index (χ1v) is 10.7. The van der Waals surface area contributed by atoms with Gasteiger partial charge in [0.25, 0.3) is 5.91 Å². The summed E-state index contributed by atoms with van der Waals surface area (Å²) in [5.74, 6) is -0.604. The van der Waals surface area contributed by atoms with Gasteiger partial charge < -0.3 is 25.6 Å². The van der Waals surface area contributed by atoms with Crippen molar-refractivity contribution in [3.05, 3.63) is 29.8 Å². The number of nitrogens with zero attached hydrogens (tertiary/aromatic N) is 1. The normalized spacial score (nSPS) is 22.8. The molecule has 3 N–H and O–H groups in total. The zero-order chi connectivity index (χ0) is 21.7. The number of Topliss-reactive ketones (excluding diaryl/α,β-unsaturated/α-hetero) is 1. The second-order valence-electron chi connectivity index (χ2n) is 8.41. The number of piperazine rings is 1. The molecule has 2 aliphatic rings. The van der Waals surface area contributed by atoms with Gasteiger partial charge in [-0.2, -0.15) is 0 Å². The topological polar surface area (TPSA) is 99.8 Å². The van der Waals surface area contributed by atoms with Crippen molar-refractivity contribution in [2.45, 2.75) is 45.4 Å². The number of benzene rings is 1. The van der Waals surface area contributed by atoms with Crippen molar-refractivity contribution in [2.24, 2.45) is 5.92 Å². The molecule has 1 aromatic rings. The monoisotopic (exact) mass is 416 g/mol. The lowest BCUT2D eigenvalue weighted by atomic mass is 10.0. The predicted octanol–water partition coefficient (Wildman–Crippen LogP) is 0.713. The van der Waals surface area contributed by atoms with Gasteiger partial charge in [0.1, 0.15) is 18.7 Å². The summed E-state index contributed by atoms with van der Waals surface area (Å²) >= 11 is 0. The van der Waals surface area contributed by atoms with Gasteiger partial charge in [0.2, 0.25) is 5.91 Å². The van der Waals surface area contributed by atoms with E-state index in [4.69, 9.17) is 4.74 Å². The number of rotatable bonds is 7. The molecule has 0 aromatic heterocycles. The molecule has 0 saturated carbocycles. The summed E-state index contributed by atoms with van der Waals surface area (Å²) in [6.45, 7) is 9.50. The Morgan fingerprint density at radius 3 is 2.43 bits per heavy atom. The van der Waals surface area contributed by atoms with E-state index in [0.29, 0.717) is 12.0 Å². The van der Waals surface area contributed by atoms with Crippen LogP contribution in [0.2, 0.25) is 0 Å². The Bertz CT molecular complexity index is 759. The van der Waals surface area contributed by atoms with Crippen molar-refractivity contribution in [1.82, 2.24) is 16.0 Å². The molecule has 0 radical (unpaired) electrons. The Morgan fingerprint density at radius 2 is 1.87 bits per heavy atom. The number of anilines is 1. The fourth-order valence-electron chi connectivity index (χ4n) is 3.80. The minimum Gasteiger partial charge on any atom is -0.369 e. The lowest BCUT2D eigenvalue weighted by molar-refractivity contribution is -0.127. The Morgan fingerprint density at radius 1 is 1.20 bits per heavy atom. The fraction of sp³-hybridized carbons (Fsp3) is 0.591. The number of hydrogen-bond donors (Lipinski definition) is 3. The standard InChI is InChI=1S/C22H32N4O4/c1-14(2)12-18(22(29)25-20-15(3)30-13-19(20)27)24-21(28)16-4-6-17(7-5-16)26-10-8-23-9-11-26/h4-7,14-15,18,20,23H,8-13H2,1-3H3,(H,24,28)(H,25,29)/t15-,18+,20+/m1/s1. The molecular weight excluding hydrogens is 384 g/mol. The molecule has 8 nitrogen and oxygen atoms in total. The van der Waals surface area contributed by atoms with Crippen molar-refractivity contribution in [3.63, 3.8) is 0 Å². The van der Waals surface area contributed by atoms with Crippen LogP contribution in [0, 0.1) is 5.92 Å². The highest BCUT2D eigenvalue weighted by atomic mass is 16.5. The third-order valence-corrected chi connectivity index (χ3v) is 5.54. The van der Waals surface area contributed by atoms with Crippen LogP contribution < -0.4 is 20.9 Å². The van der Waals surface area contributed by atoms with Crippen LogP contribution in [0.5, 0.6) is 0 Å². The minimum absolute atomic E-state index is 0.00670. The number of amides is 2. The molecule has 3 atom stereocenters. The third-order valence-electron chi connectivity index (χ3n) is 5.54. The van der Waals surface area contributed by atoms with Crippen LogP contribution in [0.3, 0.4) is 0 Å². The summed E-state index contributed by atoms with van der Waals surface area (Å²) in [7, 11) is 0. The molecule has 8 heteroatoms. The quantitative estimate of drug-likeness (QED) is 0.606. The number of carbonyl (C=O) groups is 3. The molecule has 0 spiro atoms. The van der Waals surface area contributed by atoms with Gasteiger partial charge in [-0.25, -0.2) is 0 Å². The summed E-state index contributed by atoms with van der Waals surface area (Å²) in [5.41, 5.74) is 1.59. The van der Waals surface area contributed by atoms with Crippen molar-refractivity contribution in [1.29, 1.82) is 0 Å². The minimum atomic E-state index is -0.717. The van der Waals surface area contributed by atoms with Gasteiger partial charge in [-0.1, -0.05) is 13.8 Å². The molecular formula is C22H32N4O4. The van der Waals surface area contributed by atoms with E-state index in [9.17, 15) is 14.4 Å². The van der Waals surface area contributed by atoms with Crippen LogP contribution in [0.15, 0.2) is 24.3 Å². The summed E-state index contributed by atoms with van der Waals surface area (Å²) in [5, 5.41) is 8.91. The van der Waals surface area contributed by atoms with E-state index in [0.717, 1.165) is 31.9 Å². The van der Waals surface area contributed by atoms with Crippen LogP contribution in [0.4, 0.5) is 5.69 Å². The number of nitrogens with one attached hydrogen (secondary N) is 3. The smallest absolute Gasteiger partial charge is 0.251 e. The van der Waals surface area contributed by atoms with Gasteiger partial charge >= 0.3 is 0 Å². The second kappa shape index (κ2) is 10.0. The average molecular weight is 417 g/mol. The van der Waals surface area contributed by atoms with Gasteiger partial charge in [0.05, 0.1) is 6.10 Å². The van der Waals surface area contributed by atoms with Crippen LogP contribution in [-0.4, -0.2) is 68.6 Å². The second-order valence-corrected chi connectivity index (χ2v) is 8.41. The highest BCUT2D eigenvalue weighted by Gasteiger charge is 2.35. The molecule has 2 aliphatic heterocycles. The first kappa shape index (κ1) is 22.2. The van der Waals surface area contributed by atoms with E-state index < -0.39 is 12.1 Å². The number of carbonyl (C=O) groups excluding carboxylic acids is 3. The van der Waals surface area contributed by atoms with Gasteiger partial charge in [0, 0.05) is 37.4 Å². The Hall–Kier alpha value is -2.45. The number of hydrogen-bond acceptors (Lipinski definition) is 6. The molecule has 2 amide bonds. The SMILES string of the molecule is CC(C)C[C@H](NC(=O)c1ccc(N2CCNCC2)cc1)C(=O)N[C@@H]1C(=O)CO[C@@H]1C. The van der Waals surface area contributed by atoms with E-state index in [1.54, 1.807) is 19.1 Å². The van der Waals surface area contributed by atoms with E-state index >= 15 is 0 Å². The number of ether oxygens (including phenoxy) is 1. The zero-order valence-corrected chi connectivity index (χ0v) is 17.9. The maximum Gasteiger partial charge on any atom is 0.251 e. The van der Waals surface area contributed by atoms with Crippen molar-refractivity contribution in [2.75, 3.05) is 37.7 Å². The van der Waals surface area contributed by atoms with Crippen LogP contribution in [-0.2, 0) is 14.3 Å². The van der Waals surface area contributed by atoms with Crippen molar-refractivity contribution >= 4 is 23.3 Å². The molecule has 3 rings (SSSR count). The maximum atomic E-state index is 12.8. The fourth-order valence-corrected chi connectivity index (χ4v) is 3.80. The maximum absolute atomic E-state index is 12.8. The largest absolute Gasteiger partial charge is 0.369 e. The van der Waals surface area contributed by atoms with Crippen molar-refractivity contribution in [3.8, 4) is 0 Å². The third kappa shape index (κ3) is 5.58. The molecule has 30 heavy (non-hydrogen) atoms. The lowest BCUT2D eigenvalue weighted by Gasteiger charge is -2.29. The first-order valence-electron chi connectivity index (χ1n) is 10.7. The van der Waals surface area contributed by atoms with Crippen LogP contribution in [0.25, 0.3) is 0 Å². The highest BCUT2D eigenvalue weighted by Crippen LogP contribution is 2.17. The lowest BCUT2D eigenvalue weighted by Crippen LogP contribution is -2.53. The zero-order valence-electron chi connectivity index (χ0n) is 17.9. The molecule has 0 bridgehead atoms. The summed E-state index contributed by atoms with van der Waals surface area (Å²) < 4.78 is 5.29. The Balaban J connectivity index is 1.64. The molecule has 1 aromatic carbocycles. The molecule has 2 heterocycles. The van der Waals surface area contributed by atoms with Gasteiger partial charge in [-0.15, -0.1) is 0 Å². The summed E-state index contributed by atoms with van der Waals surface area (Å²) in [6.07, 6.45) is 0.112. The molecule has 2 fully saturated rings. The molecule has 2 saturated heterocycles. The summed E-state index contributed by atoms with van der Waals surface area (Å²) in [4.78, 5) is 39.8. The summed E-state index contributed by atoms with van der Waals surface area (Å²) in [6, 6.07) is 6.07. The van der Waals surface area contributed by atoms with E-state index in [1.807, 2.05) is 26.0 Å². The van der Waals surface area contributed by atoms with E-state index in [-0.39, 0.29) is 36.2 Å².